The Hall–Kier alpha value is -3.08. The van der Waals surface area contributed by atoms with E-state index in [2.05, 4.69) is 24.3 Å². The maximum Gasteiger partial charge on any atom is 0.488 e. The predicted molar refractivity (Wildman–Crippen MR) is 106 cm³/mol. The molecule has 4 aromatic carbocycles. The molecule has 0 aliphatic heterocycles. The van der Waals surface area contributed by atoms with E-state index in [-0.39, 0.29) is 0 Å². The van der Waals surface area contributed by atoms with E-state index >= 15 is 0 Å². The predicted octanol–water partition coefficient (Wildman–Crippen LogP) is 4.09. The molecule has 0 bridgehead atoms. The van der Waals surface area contributed by atoms with E-state index in [0.29, 0.717) is 5.46 Å². The highest BCUT2D eigenvalue weighted by atomic mass is 16.4. The molecule has 1 heterocycles. The average molecular weight is 338 g/mol. The third-order valence-electron chi connectivity index (χ3n) is 4.90. The van der Waals surface area contributed by atoms with Crippen LogP contribution in [0.2, 0.25) is 0 Å². The van der Waals surface area contributed by atoms with Gasteiger partial charge in [-0.25, -0.2) is 0 Å². The molecule has 26 heavy (non-hydrogen) atoms. The third-order valence-corrected chi connectivity index (χ3v) is 4.90. The van der Waals surface area contributed by atoms with Crippen molar-refractivity contribution < 1.29 is 14.5 Å². The number of benzene rings is 4. The summed E-state index contributed by atoms with van der Waals surface area (Å²) in [5, 5.41) is 23.2. The normalized spacial score (nSPS) is 11.5. The van der Waals surface area contributed by atoms with Crippen LogP contribution in [-0.2, 0) is 0 Å². The highest BCUT2D eigenvalue weighted by Gasteiger charge is 2.15. The van der Waals surface area contributed by atoms with Crippen LogP contribution in [0.15, 0.2) is 83.3 Å². The second kappa shape index (κ2) is 5.73. The SMILES string of the molecule is OB(O)c1ccc(-c2cc3oc4ccccc4c3c3ccccc23)cc1. The zero-order valence-corrected chi connectivity index (χ0v) is 13.9. The van der Waals surface area contributed by atoms with Crippen molar-refractivity contribution in [2.75, 3.05) is 0 Å². The highest BCUT2D eigenvalue weighted by molar-refractivity contribution is 6.58. The molecule has 1 aromatic heterocycles. The molecule has 3 nitrogen and oxygen atoms in total. The van der Waals surface area contributed by atoms with Crippen LogP contribution in [0.5, 0.6) is 0 Å². The Morgan fingerprint density at radius 2 is 1.31 bits per heavy atom. The molecule has 0 saturated carbocycles. The van der Waals surface area contributed by atoms with Crippen LogP contribution in [-0.4, -0.2) is 17.2 Å². The zero-order chi connectivity index (χ0) is 17.7. The van der Waals surface area contributed by atoms with Crippen molar-refractivity contribution in [2.45, 2.75) is 0 Å². The van der Waals surface area contributed by atoms with E-state index < -0.39 is 7.12 Å². The Morgan fingerprint density at radius 3 is 2.04 bits per heavy atom. The molecule has 0 aliphatic rings. The maximum atomic E-state index is 9.32. The summed E-state index contributed by atoms with van der Waals surface area (Å²) in [4.78, 5) is 0. The average Bonchev–Trinajstić information content (AvgIpc) is 3.06. The molecule has 0 saturated heterocycles. The number of rotatable bonds is 2. The molecule has 5 aromatic rings. The standard InChI is InChI=1S/C22H15BO3/c24-23(25)15-11-9-14(10-12-15)19-13-21-22(17-6-2-1-5-16(17)19)18-7-3-4-8-20(18)26-21/h1-13,24-25H. The van der Waals surface area contributed by atoms with Crippen LogP contribution < -0.4 is 5.46 Å². The lowest BCUT2D eigenvalue weighted by Crippen LogP contribution is -2.29. The second-order valence-electron chi connectivity index (χ2n) is 6.44. The Labute approximate surface area is 150 Å². The van der Waals surface area contributed by atoms with Crippen molar-refractivity contribution in [2.24, 2.45) is 0 Å². The molecular formula is C22H15BO3. The minimum absolute atomic E-state index is 0.475. The molecule has 4 heteroatoms. The molecule has 0 spiro atoms. The topological polar surface area (TPSA) is 53.6 Å². The third kappa shape index (κ3) is 2.24. The van der Waals surface area contributed by atoms with Crippen molar-refractivity contribution in [3.05, 3.63) is 78.9 Å². The summed E-state index contributed by atoms with van der Waals surface area (Å²) in [6.07, 6.45) is 0. The Balaban J connectivity index is 1.86. The number of fused-ring (bicyclic) bond motifs is 5. The van der Waals surface area contributed by atoms with Gasteiger partial charge in [-0.05, 0) is 39.5 Å². The van der Waals surface area contributed by atoms with E-state index in [4.69, 9.17) is 4.42 Å². The van der Waals surface area contributed by atoms with E-state index in [1.165, 1.54) is 0 Å². The molecule has 124 valence electrons. The van der Waals surface area contributed by atoms with Crippen molar-refractivity contribution in [1.82, 2.24) is 0 Å². The Kier molecular flexibility index (Phi) is 3.35. The minimum Gasteiger partial charge on any atom is -0.456 e. The fourth-order valence-corrected chi connectivity index (χ4v) is 3.66. The van der Waals surface area contributed by atoms with Gasteiger partial charge in [0.25, 0.3) is 0 Å². The summed E-state index contributed by atoms with van der Waals surface area (Å²) in [5.41, 5.74) is 4.27. The quantitative estimate of drug-likeness (QED) is 0.477. The molecular weight excluding hydrogens is 323 g/mol. The smallest absolute Gasteiger partial charge is 0.456 e. The summed E-state index contributed by atoms with van der Waals surface area (Å²) in [5.74, 6) is 0. The van der Waals surface area contributed by atoms with Gasteiger partial charge in [0.15, 0.2) is 0 Å². The first-order valence-electron chi connectivity index (χ1n) is 8.52. The first-order valence-corrected chi connectivity index (χ1v) is 8.52. The van der Waals surface area contributed by atoms with Crippen LogP contribution in [0, 0.1) is 0 Å². The summed E-state index contributed by atoms with van der Waals surface area (Å²) in [6.45, 7) is 0. The van der Waals surface area contributed by atoms with Crippen molar-refractivity contribution >= 4 is 45.3 Å². The van der Waals surface area contributed by atoms with Gasteiger partial charge in [-0.15, -0.1) is 0 Å². The lowest BCUT2D eigenvalue weighted by molar-refractivity contribution is 0.426. The van der Waals surface area contributed by atoms with E-state index in [0.717, 1.165) is 43.8 Å². The summed E-state index contributed by atoms with van der Waals surface area (Å²) < 4.78 is 6.10. The fourth-order valence-electron chi connectivity index (χ4n) is 3.66. The molecule has 0 atom stereocenters. The van der Waals surface area contributed by atoms with Gasteiger partial charge in [0.05, 0.1) is 0 Å². The van der Waals surface area contributed by atoms with E-state index in [1.807, 2.05) is 42.5 Å². The fraction of sp³-hybridized carbons (Fsp3) is 0. The lowest BCUT2D eigenvalue weighted by Gasteiger charge is -2.09. The summed E-state index contributed by atoms with van der Waals surface area (Å²) >= 11 is 0. The first-order chi connectivity index (χ1) is 12.7. The van der Waals surface area contributed by atoms with Crippen molar-refractivity contribution in [3.8, 4) is 11.1 Å². The Bertz CT molecular complexity index is 1250. The highest BCUT2D eigenvalue weighted by Crippen LogP contribution is 2.39. The number of hydrogen-bond donors (Lipinski definition) is 2. The van der Waals surface area contributed by atoms with Gasteiger partial charge in [-0.2, -0.15) is 0 Å². The van der Waals surface area contributed by atoms with Gasteiger partial charge in [0.2, 0.25) is 0 Å². The summed E-state index contributed by atoms with van der Waals surface area (Å²) in [7, 11) is -1.46. The monoisotopic (exact) mass is 338 g/mol. The van der Waals surface area contributed by atoms with Crippen LogP contribution in [0.1, 0.15) is 0 Å². The van der Waals surface area contributed by atoms with Gasteiger partial charge >= 0.3 is 7.12 Å². The second-order valence-corrected chi connectivity index (χ2v) is 6.44. The van der Waals surface area contributed by atoms with Crippen LogP contribution >= 0.6 is 0 Å². The maximum absolute atomic E-state index is 9.32. The number of furan rings is 1. The van der Waals surface area contributed by atoms with Gasteiger partial charge in [-0.3, -0.25) is 0 Å². The van der Waals surface area contributed by atoms with Gasteiger partial charge in [-0.1, -0.05) is 66.7 Å². The molecule has 0 fully saturated rings. The van der Waals surface area contributed by atoms with Crippen LogP contribution in [0.25, 0.3) is 43.8 Å². The van der Waals surface area contributed by atoms with Crippen LogP contribution in [0.3, 0.4) is 0 Å². The van der Waals surface area contributed by atoms with E-state index in [9.17, 15) is 10.0 Å². The molecule has 5 rings (SSSR count). The van der Waals surface area contributed by atoms with Crippen molar-refractivity contribution in [3.63, 3.8) is 0 Å². The summed E-state index contributed by atoms with van der Waals surface area (Å²) in [6, 6.07) is 25.7. The largest absolute Gasteiger partial charge is 0.488 e. The number of hydrogen-bond acceptors (Lipinski definition) is 3. The van der Waals surface area contributed by atoms with Gasteiger partial charge < -0.3 is 14.5 Å². The van der Waals surface area contributed by atoms with Gasteiger partial charge in [0.1, 0.15) is 11.2 Å². The number of para-hydroxylation sites is 1. The lowest BCUT2D eigenvalue weighted by atomic mass is 9.79. The van der Waals surface area contributed by atoms with Gasteiger partial charge in [0, 0.05) is 10.8 Å². The van der Waals surface area contributed by atoms with Crippen LogP contribution in [0.4, 0.5) is 0 Å². The zero-order valence-electron chi connectivity index (χ0n) is 13.9. The molecule has 0 unspecified atom stereocenters. The molecule has 0 amide bonds. The van der Waals surface area contributed by atoms with Crippen molar-refractivity contribution in [1.29, 1.82) is 0 Å². The molecule has 0 radical (unpaired) electrons. The Morgan fingerprint density at radius 1 is 0.654 bits per heavy atom. The first kappa shape index (κ1) is 15.2. The molecule has 0 aliphatic carbocycles. The molecule has 2 N–H and O–H groups in total. The van der Waals surface area contributed by atoms with E-state index in [1.54, 1.807) is 12.1 Å². The minimum atomic E-state index is -1.46.